The van der Waals surface area contributed by atoms with Crippen molar-refractivity contribution in [1.29, 1.82) is 0 Å². The Labute approximate surface area is 230 Å². The molecule has 2 heterocycles. The van der Waals surface area contributed by atoms with Crippen molar-refractivity contribution in [3.8, 4) is 11.5 Å². The number of anilines is 2. The average molecular weight is 539 g/mol. The molecule has 0 aliphatic carbocycles. The summed E-state index contributed by atoms with van der Waals surface area (Å²) in [7, 11) is 0. The van der Waals surface area contributed by atoms with Crippen molar-refractivity contribution in [3.63, 3.8) is 0 Å². The van der Waals surface area contributed by atoms with Crippen LogP contribution in [0.4, 0.5) is 11.4 Å². The van der Waals surface area contributed by atoms with Gasteiger partial charge in [-0.15, -0.1) is 0 Å². The highest BCUT2D eigenvalue weighted by atomic mass is 32.1. The summed E-state index contributed by atoms with van der Waals surface area (Å²) < 4.78 is 11.0. The zero-order valence-electron chi connectivity index (χ0n) is 22.5. The molecule has 2 aliphatic heterocycles. The number of benzene rings is 2. The fourth-order valence-corrected chi connectivity index (χ4v) is 5.32. The van der Waals surface area contributed by atoms with Gasteiger partial charge in [0.05, 0.1) is 25.3 Å². The number of hydrogen-bond donors (Lipinski definition) is 1. The Morgan fingerprint density at radius 3 is 2.11 bits per heavy atom. The van der Waals surface area contributed by atoms with E-state index >= 15 is 0 Å². The Bertz CT molecular complexity index is 1100. The molecule has 4 rings (SSSR count). The van der Waals surface area contributed by atoms with Gasteiger partial charge >= 0.3 is 0 Å². The maximum atomic E-state index is 13.7. The maximum absolute atomic E-state index is 13.7. The molecule has 8 nitrogen and oxygen atoms in total. The monoisotopic (exact) mass is 538 g/mol. The summed E-state index contributed by atoms with van der Waals surface area (Å²) in [6, 6.07) is 13.9. The van der Waals surface area contributed by atoms with Crippen LogP contribution in [0.1, 0.15) is 40.0 Å². The number of thiocarbonyl (C=S) groups is 1. The molecule has 0 unspecified atom stereocenters. The first-order valence-electron chi connectivity index (χ1n) is 13.5. The fraction of sp³-hybridized carbons (Fsp3) is 0.483. The fourth-order valence-electron chi connectivity index (χ4n) is 4.91. The predicted octanol–water partition coefficient (Wildman–Crippen LogP) is 4.55. The number of carbonyl (C=O) groups excluding carboxylic acids is 2. The quantitative estimate of drug-likeness (QED) is 0.421. The van der Waals surface area contributed by atoms with Crippen molar-refractivity contribution in [3.05, 3.63) is 48.5 Å². The van der Waals surface area contributed by atoms with Crippen LogP contribution < -0.4 is 19.7 Å². The first-order chi connectivity index (χ1) is 18.4. The second-order valence-electron chi connectivity index (χ2n) is 9.83. The third-order valence-electron chi connectivity index (χ3n) is 7.09. The molecule has 2 aliphatic rings. The van der Waals surface area contributed by atoms with E-state index in [1.807, 2.05) is 55.1 Å². The molecule has 0 spiro atoms. The average Bonchev–Trinajstić information content (AvgIpc) is 3.14. The number of likely N-dealkylation sites (tertiary alicyclic amines) is 1. The van der Waals surface area contributed by atoms with E-state index < -0.39 is 6.04 Å². The van der Waals surface area contributed by atoms with E-state index in [1.54, 1.807) is 17.0 Å². The Hall–Kier alpha value is -3.17. The molecule has 1 atom stereocenters. The second-order valence-corrected chi connectivity index (χ2v) is 10.2. The lowest BCUT2D eigenvalue weighted by molar-refractivity contribution is -0.124. The van der Waals surface area contributed by atoms with Crippen molar-refractivity contribution in [2.24, 2.45) is 5.92 Å². The van der Waals surface area contributed by atoms with Crippen molar-refractivity contribution < 1.29 is 19.1 Å². The van der Waals surface area contributed by atoms with Gasteiger partial charge in [0.2, 0.25) is 5.91 Å². The molecule has 38 heavy (non-hydrogen) atoms. The van der Waals surface area contributed by atoms with E-state index in [1.165, 1.54) is 12.8 Å². The molecular weight excluding hydrogens is 500 g/mol. The number of nitrogens with one attached hydrogen (secondary N) is 1. The molecule has 2 aromatic carbocycles. The van der Waals surface area contributed by atoms with Crippen LogP contribution in [0.3, 0.4) is 0 Å². The molecule has 9 heteroatoms. The second kappa shape index (κ2) is 13.1. The van der Waals surface area contributed by atoms with Gasteiger partial charge in [0.1, 0.15) is 17.5 Å². The summed E-state index contributed by atoms with van der Waals surface area (Å²) in [5.74, 6) is 1.80. The highest BCUT2D eigenvalue weighted by Gasteiger charge is 2.44. The number of carbonyl (C=O) groups is 2. The summed E-state index contributed by atoms with van der Waals surface area (Å²) in [4.78, 5) is 32.7. The van der Waals surface area contributed by atoms with Crippen LogP contribution in [0, 0.1) is 5.92 Å². The van der Waals surface area contributed by atoms with Crippen LogP contribution >= 0.6 is 12.2 Å². The summed E-state index contributed by atoms with van der Waals surface area (Å²) in [5, 5.41) is 3.35. The zero-order valence-corrected chi connectivity index (χ0v) is 23.3. The van der Waals surface area contributed by atoms with Gasteiger partial charge in [-0.3, -0.25) is 14.5 Å². The van der Waals surface area contributed by atoms with Crippen molar-refractivity contribution in [2.45, 2.75) is 46.1 Å². The number of amides is 2. The molecule has 2 aromatic rings. The summed E-state index contributed by atoms with van der Waals surface area (Å²) in [5.41, 5.74) is 1.33. The standard InChI is InChI=1S/C29H38N4O4S/c1-4-36-24-10-6-22(7-11-24)30-27(34)20-26-28(35)33(23-8-12-25(13-9-23)37-5-2)29(38)32(26)19-18-31-16-14-21(3)15-17-31/h6-13,21,26H,4-5,14-20H2,1-3H3,(H,30,34)/t26-/m0/s1. The minimum Gasteiger partial charge on any atom is -0.494 e. The first kappa shape index (κ1) is 27.9. The Morgan fingerprint density at radius 2 is 1.53 bits per heavy atom. The smallest absolute Gasteiger partial charge is 0.256 e. The molecule has 0 bridgehead atoms. The van der Waals surface area contributed by atoms with Gasteiger partial charge in [-0.25, -0.2) is 0 Å². The van der Waals surface area contributed by atoms with Crippen LogP contribution in [-0.4, -0.2) is 72.2 Å². The summed E-state index contributed by atoms with van der Waals surface area (Å²) >= 11 is 5.83. The molecule has 2 saturated heterocycles. The first-order valence-corrected chi connectivity index (χ1v) is 13.9. The molecule has 1 N–H and O–H groups in total. The van der Waals surface area contributed by atoms with Gasteiger partial charge in [-0.05, 0) is 106 Å². The third-order valence-corrected chi connectivity index (χ3v) is 7.50. The largest absolute Gasteiger partial charge is 0.494 e. The van der Waals surface area contributed by atoms with Crippen LogP contribution in [0.25, 0.3) is 0 Å². The van der Waals surface area contributed by atoms with Crippen molar-refractivity contribution >= 4 is 40.5 Å². The molecule has 2 fully saturated rings. The van der Waals surface area contributed by atoms with Gasteiger partial charge in [0.15, 0.2) is 5.11 Å². The SMILES string of the molecule is CCOc1ccc(NC(=O)C[C@H]2C(=O)N(c3ccc(OCC)cc3)C(=S)N2CCN2CCC(C)CC2)cc1. The lowest BCUT2D eigenvalue weighted by Gasteiger charge is -2.32. The van der Waals surface area contributed by atoms with Crippen LogP contribution in [0.5, 0.6) is 11.5 Å². The molecule has 0 radical (unpaired) electrons. The van der Waals surface area contributed by atoms with E-state index in [4.69, 9.17) is 21.7 Å². The van der Waals surface area contributed by atoms with Crippen LogP contribution in [0.2, 0.25) is 0 Å². The van der Waals surface area contributed by atoms with Crippen molar-refractivity contribution in [2.75, 3.05) is 49.6 Å². The van der Waals surface area contributed by atoms with Gasteiger partial charge in [0.25, 0.3) is 5.91 Å². The molecule has 0 saturated carbocycles. The van der Waals surface area contributed by atoms with Gasteiger partial charge < -0.3 is 24.6 Å². The summed E-state index contributed by atoms with van der Waals surface area (Å²) in [6.45, 7) is 10.8. The van der Waals surface area contributed by atoms with E-state index in [2.05, 4.69) is 17.1 Å². The minimum atomic E-state index is -0.666. The molecule has 2 amide bonds. The molecule has 0 aromatic heterocycles. The number of rotatable bonds is 11. The summed E-state index contributed by atoms with van der Waals surface area (Å²) in [6.07, 6.45) is 2.36. The van der Waals surface area contributed by atoms with Gasteiger partial charge in [-0.2, -0.15) is 0 Å². The predicted molar refractivity (Wildman–Crippen MR) is 154 cm³/mol. The molecule has 204 valence electrons. The van der Waals surface area contributed by atoms with Gasteiger partial charge in [0, 0.05) is 18.8 Å². The highest BCUT2D eigenvalue weighted by Crippen LogP contribution is 2.29. The van der Waals surface area contributed by atoms with Crippen LogP contribution in [0.15, 0.2) is 48.5 Å². The Balaban J connectivity index is 1.48. The Morgan fingerprint density at radius 1 is 0.947 bits per heavy atom. The Kier molecular flexibility index (Phi) is 9.58. The van der Waals surface area contributed by atoms with E-state index in [-0.39, 0.29) is 18.2 Å². The van der Waals surface area contributed by atoms with E-state index in [9.17, 15) is 9.59 Å². The number of nitrogens with zero attached hydrogens (tertiary/aromatic N) is 3. The number of piperidine rings is 1. The molecular formula is C29H38N4O4S. The lowest BCUT2D eigenvalue weighted by Crippen LogP contribution is -2.44. The highest BCUT2D eigenvalue weighted by molar-refractivity contribution is 7.80. The number of ether oxygens (including phenoxy) is 2. The maximum Gasteiger partial charge on any atom is 0.256 e. The van der Waals surface area contributed by atoms with Crippen LogP contribution in [-0.2, 0) is 9.59 Å². The number of hydrogen-bond acceptors (Lipinski definition) is 6. The lowest BCUT2D eigenvalue weighted by atomic mass is 9.99. The van der Waals surface area contributed by atoms with Crippen molar-refractivity contribution in [1.82, 2.24) is 9.80 Å². The van der Waals surface area contributed by atoms with Gasteiger partial charge in [-0.1, -0.05) is 6.92 Å². The zero-order chi connectivity index (χ0) is 27.1. The minimum absolute atomic E-state index is 0.0107. The van der Waals surface area contributed by atoms with E-state index in [0.717, 1.165) is 37.1 Å². The topological polar surface area (TPSA) is 74.3 Å². The van der Waals surface area contributed by atoms with E-state index in [0.29, 0.717) is 36.2 Å². The third kappa shape index (κ3) is 6.82. The normalized spacial score (nSPS) is 18.7.